The molecule has 0 unspecified atom stereocenters. The van der Waals surface area contributed by atoms with E-state index in [1.165, 1.54) is 15.6 Å². The second kappa shape index (κ2) is 7.08. The van der Waals surface area contributed by atoms with Crippen molar-refractivity contribution < 1.29 is 17.9 Å². The number of hydrogen-bond donors (Lipinski definition) is 1. The molecule has 6 nitrogen and oxygen atoms in total. The van der Waals surface area contributed by atoms with Gasteiger partial charge in [0.05, 0.1) is 3.79 Å². The lowest BCUT2D eigenvalue weighted by atomic mass is 10.1. The molecule has 0 bridgehead atoms. The monoisotopic (exact) mass is 424 g/mol. The first-order chi connectivity index (χ1) is 10.6. The molecule has 2 rings (SSSR count). The predicted molar refractivity (Wildman–Crippen MR) is 93.1 cm³/mol. The van der Waals surface area contributed by atoms with E-state index in [0.29, 0.717) is 23.8 Å². The predicted octanol–water partition coefficient (Wildman–Crippen LogP) is 3.05. The van der Waals surface area contributed by atoms with E-state index >= 15 is 0 Å². The lowest BCUT2D eigenvalue weighted by Crippen LogP contribution is -2.36. The van der Waals surface area contributed by atoms with E-state index in [0.717, 1.165) is 10.2 Å². The number of amides is 1. The van der Waals surface area contributed by atoms with Gasteiger partial charge in [-0.25, -0.2) is 13.2 Å². The topological polar surface area (TPSA) is 75.7 Å². The minimum Gasteiger partial charge on any atom is -0.444 e. The van der Waals surface area contributed by atoms with Crippen molar-refractivity contribution in [2.24, 2.45) is 5.92 Å². The third kappa shape index (κ3) is 5.17. The van der Waals surface area contributed by atoms with E-state index in [1.807, 2.05) is 0 Å². The van der Waals surface area contributed by atoms with Crippen LogP contribution in [0.4, 0.5) is 4.79 Å². The van der Waals surface area contributed by atoms with Crippen LogP contribution in [0, 0.1) is 5.92 Å². The van der Waals surface area contributed by atoms with Crippen molar-refractivity contribution in [2.45, 2.75) is 37.0 Å². The third-order valence-corrected chi connectivity index (χ3v) is 7.28. The molecule has 0 radical (unpaired) electrons. The lowest BCUT2D eigenvalue weighted by Gasteiger charge is -2.20. The van der Waals surface area contributed by atoms with E-state index in [1.54, 1.807) is 32.9 Å². The van der Waals surface area contributed by atoms with Gasteiger partial charge in [-0.1, -0.05) is 0 Å². The molecule has 1 N–H and O–H groups in total. The highest BCUT2D eigenvalue weighted by Gasteiger charge is 2.33. The maximum atomic E-state index is 12.5. The summed E-state index contributed by atoms with van der Waals surface area (Å²) in [5, 5.41) is 2.71. The maximum absolute atomic E-state index is 12.5. The van der Waals surface area contributed by atoms with Gasteiger partial charge in [0, 0.05) is 19.6 Å². The minimum absolute atomic E-state index is 0.0979. The number of nitrogens with zero attached hydrogens (tertiary/aromatic N) is 1. The number of carbonyl (C=O) groups excluding carboxylic acids is 1. The van der Waals surface area contributed by atoms with Crippen molar-refractivity contribution in [3.63, 3.8) is 0 Å². The minimum atomic E-state index is -3.44. The number of nitrogens with one attached hydrogen (secondary N) is 1. The highest BCUT2D eigenvalue weighted by Crippen LogP contribution is 2.31. The summed E-state index contributed by atoms with van der Waals surface area (Å²) < 4.78 is 32.8. The molecule has 1 saturated heterocycles. The first-order valence-corrected chi connectivity index (χ1v) is 10.4. The van der Waals surface area contributed by atoms with Crippen LogP contribution in [0.2, 0.25) is 0 Å². The van der Waals surface area contributed by atoms with Crippen LogP contribution in [-0.2, 0) is 14.8 Å². The molecule has 130 valence electrons. The van der Waals surface area contributed by atoms with Crippen LogP contribution in [0.1, 0.15) is 27.2 Å². The van der Waals surface area contributed by atoms with Gasteiger partial charge in [-0.2, -0.15) is 4.31 Å². The average molecular weight is 425 g/mol. The molecule has 0 spiro atoms. The quantitative estimate of drug-likeness (QED) is 0.805. The van der Waals surface area contributed by atoms with Gasteiger partial charge in [0.2, 0.25) is 0 Å². The van der Waals surface area contributed by atoms with Crippen molar-refractivity contribution in [1.29, 1.82) is 0 Å². The Morgan fingerprint density at radius 1 is 1.48 bits per heavy atom. The Bertz CT molecular complexity index is 667. The molecule has 1 aromatic heterocycles. The molecular weight excluding hydrogens is 404 g/mol. The van der Waals surface area contributed by atoms with Crippen molar-refractivity contribution in [1.82, 2.24) is 9.62 Å². The van der Waals surface area contributed by atoms with Crippen molar-refractivity contribution in [3.05, 3.63) is 15.9 Å². The summed E-state index contributed by atoms with van der Waals surface area (Å²) in [6, 6.07) is 3.34. The summed E-state index contributed by atoms with van der Waals surface area (Å²) in [4.78, 5) is 11.6. The fourth-order valence-electron chi connectivity index (χ4n) is 2.29. The number of ether oxygens (including phenoxy) is 1. The summed E-state index contributed by atoms with van der Waals surface area (Å²) in [7, 11) is -3.44. The SMILES string of the molecule is CC(C)(C)OC(=O)NC[C@H]1CCN(S(=O)(=O)c2ccc(Br)s2)C1. The number of sulfonamides is 1. The second-order valence-electron chi connectivity index (χ2n) is 6.46. The number of rotatable bonds is 4. The van der Waals surface area contributed by atoms with E-state index in [-0.39, 0.29) is 5.92 Å². The lowest BCUT2D eigenvalue weighted by molar-refractivity contribution is 0.0520. The molecule has 0 aliphatic carbocycles. The molecule has 9 heteroatoms. The molecule has 1 fully saturated rings. The number of hydrogen-bond acceptors (Lipinski definition) is 5. The largest absolute Gasteiger partial charge is 0.444 e. The van der Waals surface area contributed by atoms with Gasteiger partial charge in [0.15, 0.2) is 0 Å². The zero-order valence-corrected chi connectivity index (χ0v) is 16.6. The Morgan fingerprint density at radius 2 is 2.17 bits per heavy atom. The van der Waals surface area contributed by atoms with E-state index in [9.17, 15) is 13.2 Å². The normalized spacial score (nSPS) is 19.7. The van der Waals surface area contributed by atoms with Crippen LogP contribution in [0.5, 0.6) is 0 Å². The Balaban J connectivity index is 1.88. The molecule has 0 saturated carbocycles. The van der Waals surface area contributed by atoms with Crippen LogP contribution >= 0.6 is 27.3 Å². The molecule has 1 atom stereocenters. The Morgan fingerprint density at radius 3 is 2.74 bits per heavy atom. The molecule has 0 aromatic carbocycles. The van der Waals surface area contributed by atoms with Crippen molar-refractivity contribution in [3.8, 4) is 0 Å². The molecule has 1 aromatic rings. The van der Waals surface area contributed by atoms with E-state index < -0.39 is 21.7 Å². The van der Waals surface area contributed by atoms with Gasteiger partial charge in [-0.05, 0) is 61.2 Å². The highest BCUT2D eigenvalue weighted by atomic mass is 79.9. The molecule has 1 aliphatic heterocycles. The zero-order valence-electron chi connectivity index (χ0n) is 13.3. The highest BCUT2D eigenvalue weighted by molar-refractivity contribution is 9.11. The smallest absolute Gasteiger partial charge is 0.407 e. The molecule has 2 heterocycles. The fourth-order valence-corrected chi connectivity index (χ4v) is 5.98. The Hall–Kier alpha value is -0.640. The van der Waals surface area contributed by atoms with Gasteiger partial charge < -0.3 is 10.1 Å². The van der Waals surface area contributed by atoms with E-state index in [4.69, 9.17) is 4.74 Å². The second-order valence-corrected chi connectivity index (χ2v) is 11.1. The van der Waals surface area contributed by atoms with Crippen LogP contribution in [0.15, 0.2) is 20.1 Å². The summed E-state index contributed by atoms with van der Waals surface area (Å²) in [6.45, 7) is 6.70. The van der Waals surface area contributed by atoms with Crippen LogP contribution < -0.4 is 5.32 Å². The Kier molecular flexibility index (Phi) is 5.76. The molecule has 1 aliphatic rings. The Labute approximate surface area is 149 Å². The molecule has 1 amide bonds. The first-order valence-electron chi connectivity index (χ1n) is 7.30. The average Bonchev–Trinajstić information content (AvgIpc) is 3.03. The first kappa shape index (κ1) is 18.7. The number of carbonyl (C=O) groups is 1. The summed E-state index contributed by atoms with van der Waals surface area (Å²) in [5.74, 6) is 0.0979. The van der Waals surface area contributed by atoms with Crippen molar-refractivity contribution >= 4 is 43.4 Å². The van der Waals surface area contributed by atoms with Gasteiger partial charge >= 0.3 is 6.09 Å². The van der Waals surface area contributed by atoms with Crippen molar-refractivity contribution in [2.75, 3.05) is 19.6 Å². The van der Waals surface area contributed by atoms with Crippen LogP contribution in [-0.4, -0.2) is 44.1 Å². The number of alkyl carbamates (subject to hydrolysis) is 1. The van der Waals surface area contributed by atoms with Gasteiger partial charge in [0.25, 0.3) is 10.0 Å². The number of thiophene rings is 1. The fraction of sp³-hybridized carbons (Fsp3) is 0.643. The molecule has 23 heavy (non-hydrogen) atoms. The standard InChI is InChI=1S/C14H21BrN2O4S2/c1-14(2,3)21-13(18)16-8-10-6-7-17(9-10)23(19,20)12-5-4-11(15)22-12/h4-5,10H,6-9H2,1-3H3,(H,16,18)/t10-/m1/s1. The maximum Gasteiger partial charge on any atom is 0.407 e. The number of halogens is 1. The third-order valence-electron chi connectivity index (χ3n) is 3.33. The summed E-state index contributed by atoms with van der Waals surface area (Å²) >= 11 is 4.49. The van der Waals surface area contributed by atoms with Crippen LogP contribution in [0.25, 0.3) is 0 Å². The van der Waals surface area contributed by atoms with Gasteiger partial charge in [-0.3, -0.25) is 0 Å². The van der Waals surface area contributed by atoms with Gasteiger partial charge in [-0.15, -0.1) is 11.3 Å². The zero-order chi connectivity index (χ0) is 17.3. The summed E-state index contributed by atoms with van der Waals surface area (Å²) in [6.07, 6.45) is 0.252. The summed E-state index contributed by atoms with van der Waals surface area (Å²) in [5.41, 5.74) is -0.540. The van der Waals surface area contributed by atoms with Crippen LogP contribution in [0.3, 0.4) is 0 Å². The van der Waals surface area contributed by atoms with E-state index in [2.05, 4.69) is 21.2 Å². The van der Waals surface area contributed by atoms with Gasteiger partial charge in [0.1, 0.15) is 9.81 Å². The molecular formula is C14H21BrN2O4S2.